The number of rotatable bonds is 2. The van der Waals surface area contributed by atoms with Crippen molar-refractivity contribution in [2.45, 2.75) is 19.8 Å². The van der Waals surface area contributed by atoms with E-state index in [2.05, 4.69) is 18.8 Å². The van der Waals surface area contributed by atoms with Crippen LogP contribution in [0.5, 0.6) is 0 Å². The molecule has 20 heavy (non-hydrogen) atoms. The summed E-state index contributed by atoms with van der Waals surface area (Å²) >= 11 is 6.16. The van der Waals surface area contributed by atoms with Gasteiger partial charge in [-0.05, 0) is 30.5 Å². The Balaban J connectivity index is 2.13. The second-order valence-electron chi connectivity index (χ2n) is 5.01. The van der Waals surface area contributed by atoms with Crippen LogP contribution in [0.25, 0.3) is 0 Å². The molecule has 1 atom stereocenters. The highest BCUT2D eigenvalue weighted by atomic mass is 35.5. The minimum Gasteiger partial charge on any atom is -0.338 e. The lowest BCUT2D eigenvalue weighted by atomic mass is 10.1. The number of carbonyl (C=O) groups excluding carboxylic acids is 1. The Morgan fingerprint density at radius 1 is 1.55 bits per heavy atom. The Morgan fingerprint density at radius 2 is 2.35 bits per heavy atom. The molecule has 0 bridgehead atoms. The van der Waals surface area contributed by atoms with Gasteiger partial charge in [0.25, 0.3) is 5.91 Å². The van der Waals surface area contributed by atoms with Crippen LogP contribution in [0.4, 0.5) is 0 Å². The van der Waals surface area contributed by atoms with Crippen LogP contribution in [0.15, 0.2) is 18.2 Å². The van der Waals surface area contributed by atoms with Crippen molar-refractivity contribution in [3.05, 3.63) is 34.3 Å². The lowest BCUT2D eigenvalue weighted by Gasteiger charge is -2.16. The fourth-order valence-electron chi connectivity index (χ4n) is 2.43. The summed E-state index contributed by atoms with van der Waals surface area (Å²) in [6.45, 7) is 4.15. The highest BCUT2D eigenvalue weighted by Gasteiger charge is 2.25. The third-order valence-corrected chi connectivity index (χ3v) is 4.00. The van der Waals surface area contributed by atoms with E-state index in [-0.39, 0.29) is 5.91 Å². The van der Waals surface area contributed by atoms with Crippen LogP contribution >= 0.6 is 11.6 Å². The lowest BCUT2D eigenvalue weighted by Crippen LogP contribution is -2.28. The first-order chi connectivity index (χ1) is 9.65. The molecule has 1 heterocycles. The standard InChI is InChI=1S/C16H19ClN2O/c1-2-12-7-9-19(11-12)16(20)14-6-5-13(4-3-8-18)15(17)10-14/h5-6,10,12H,2,7-9,11,18H2,1H3. The van der Waals surface area contributed by atoms with E-state index in [1.54, 1.807) is 18.2 Å². The highest BCUT2D eigenvalue weighted by Crippen LogP contribution is 2.23. The number of amides is 1. The van der Waals surface area contributed by atoms with Crippen molar-refractivity contribution in [1.29, 1.82) is 0 Å². The molecule has 1 saturated heterocycles. The first kappa shape index (κ1) is 14.9. The third-order valence-electron chi connectivity index (χ3n) is 3.69. The molecule has 2 N–H and O–H groups in total. The SMILES string of the molecule is CCC1CCN(C(=O)c2ccc(C#CCN)c(Cl)c2)C1. The van der Waals surface area contributed by atoms with E-state index in [4.69, 9.17) is 17.3 Å². The van der Waals surface area contributed by atoms with Gasteiger partial charge in [-0.15, -0.1) is 0 Å². The van der Waals surface area contributed by atoms with E-state index in [9.17, 15) is 4.79 Å². The summed E-state index contributed by atoms with van der Waals surface area (Å²) < 4.78 is 0. The van der Waals surface area contributed by atoms with E-state index < -0.39 is 0 Å². The van der Waals surface area contributed by atoms with Gasteiger partial charge >= 0.3 is 0 Å². The Kier molecular flexibility index (Phi) is 5.05. The van der Waals surface area contributed by atoms with Crippen molar-refractivity contribution in [3.8, 4) is 11.8 Å². The number of benzene rings is 1. The number of nitrogens with two attached hydrogens (primary N) is 1. The Morgan fingerprint density at radius 3 is 2.95 bits per heavy atom. The summed E-state index contributed by atoms with van der Waals surface area (Å²) in [6, 6.07) is 5.27. The molecule has 1 fully saturated rings. The molecule has 1 aromatic rings. The van der Waals surface area contributed by atoms with Gasteiger partial charge in [-0.1, -0.05) is 36.8 Å². The topological polar surface area (TPSA) is 46.3 Å². The number of hydrogen-bond donors (Lipinski definition) is 1. The molecule has 1 amide bonds. The molecule has 2 rings (SSSR count). The first-order valence-electron chi connectivity index (χ1n) is 6.93. The van der Waals surface area contributed by atoms with Crippen LogP contribution in [0.1, 0.15) is 35.7 Å². The van der Waals surface area contributed by atoms with Gasteiger partial charge in [0.15, 0.2) is 0 Å². The second-order valence-corrected chi connectivity index (χ2v) is 5.42. The number of nitrogens with zero attached hydrogens (tertiary/aromatic N) is 1. The summed E-state index contributed by atoms with van der Waals surface area (Å²) in [5, 5.41) is 0.503. The Bertz CT molecular complexity index is 559. The quantitative estimate of drug-likeness (QED) is 0.851. The van der Waals surface area contributed by atoms with Crippen molar-refractivity contribution in [2.75, 3.05) is 19.6 Å². The van der Waals surface area contributed by atoms with Gasteiger partial charge in [0.1, 0.15) is 0 Å². The number of likely N-dealkylation sites (tertiary alicyclic amines) is 1. The second kappa shape index (κ2) is 6.78. The molecule has 0 spiro atoms. The Labute approximate surface area is 125 Å². The number of halogens is 1. The van der Waals surface area contributed by atoms with Gasteiger partial charge < -0.3 is 10.6 Å². The maximum atomic E-state index is 12.4. The molecule has 0 saturated carbocycles. The smallest absolute Gasteiger partial charge is 0.253 e. The van der Waals surface area contributed by atoms with Crippen LogP contribution in [-0.4, -0.2) is 30.4 Å². The van der Waals surface area contributed by atoms with Gasteiger partial charge in [0.05, 0.1) is 11.6 Å². The van der Waals surface area contributed by atoms with Crippen molar-refractivity contribution in [2.24, 2.45) is 11.7 Å². The average Bonchev–Trinajstić information content (AvgIpc) is 2.94. The molecular weight excluding hydrogens is 272 g/mol. The predicted molar refractivity (Wildman–Crippen MR) is 81.7 cm³/mol. The zero-order chi connectivity index (χ0) is 14.5. The largest absolute Gasteiger partial charge is 0.338 e. The van der Waals surface area contributed by atoms with Crippen LogP contribution < -0.4 is 5.73 Å². The first-order valence-corrected chi connectivity index (χ1v) is 7.31. The van der Waals surface area contributed by atoms with E-state index in [1.165, 1.54) is 0 Å². The lowest BCUT2D eigenvalue weighted by molar-refractivity contribution is 0.0787. The summed E-state index contributed by atoms with van der Waals surface area (Å²) in [7, 11) is 0. The molecule has 106 valence electrons. The molecule has 1 aliphatic heterocycles. The molecule has 0 aromatic heterocycles. The Hall–Kier alpha value is -1.50. The van der Waals surface area contributed by atoms with Gasteiger partial charge in [-0.2, -0.15) is 0 Å². The van der Waals surface area contributed by atoms with Crippen LogP contribution in [0, 0.1) is 17.8 Å². The van der Waals surface area contributed by atoms with Crippen LogP contribution in [0.3, 0.4) is 0 Å². The molecule has 3 nitrogen and oxygen atoms in total. The van der Waals surface area contributed by atoms with E-state index in [0.717, 1.165) is 25.9 Å². The third kappa shape index (κ3) is 3.33. The monoisotopic (exact) mass is 290 g/mol. The summed E-state index contributed by atoms with van der Waals surface area (Å²) in [5.74, 6) is 6.34. The van der Waals surface area contributed by atoms with Crippen LogP contribution in [0.2, 0.25) is 5.02 Å². The molecule has 0 aliphatic carbocycles. The van der Waals surface area contributed by atoms with E-state index in [1.807, 2.05) is 4.90 Å². The molecule has 4 heteroatoms. The van der Waals surface area contributed by atoms with Crippen molar-refractivity contribution >= 4 is 17.5 Å². The maximum Gasteiger partial charge on any atom is 0.253 e. The van der Waals surface area contributed by atoms with Crippen LogP contribution in [-0.2, 0) is 0 Å². The summed E-state index contributed by atoms with van der Waals surface area (Å²) in [6.07, 6.45) is 2.22. The molecule has 1 aliphatic rings. The highest BCUT2D eigenvalue weighted by molar-refractivity contribution is 6.32. The van der Waals surface area contributed by atoms with Gasteiger partial charge in [-0.3, -0.25) is 4.79 Å². The number of carbonyl (C=O) groups is 1. The van der Waals surface area contributed by atoms with Gasteiger partial charge in [-0.25, -0.2) is 0 Å². The average molecular weight is 291 g/mol. The zero-order valence-corrected chi connectivity index (χ0v) is 12.4. The van der Waals surface area contributed by atoms with E-state index >= 15 is 0 Å². The maximum absolute atomic E-state index is 12.4. The fraction of sp³-hybridized carbons (Fsp3) is 0.438. The molecule has 1 unspecified atom stereocenters. The molecular formula is C16H19ClN2O. The predicted octanol–water partition coefficient (Wildman–Crippen LogP) is 2.52. The van der Waals surface area contributed by atoms with Crippen molar-refractivity contribution in [3.63, 3.8) is 0 Å². The van der Waals surface area contributed by atoms with Crippen molar-refractivity contribution in [1.82, 2.24) is 4.90 Å². The van der Waals surface area contributed by atoms with Gasteiger partial charge in [0.2, 0.25) is 0 Å². The molecule has 1 aromatic carbocycles. The minimum absolute atomic E-state index is 0.0567. The van der Waals surface area contributed by atoms with Crippen molar-refractivity contribution < 1.29 is 4.79 Å². The van der Waals surface area contributed by atoms with E-state index in [0.29, 0.717) is 28.6 Å². The minimum atomic E-state index is 0.0567. The van der Waals surface area contributed by atoms with Gasteiger partial charge in [0, 0.05) is 24.2 Å². The molecule has 0 radical (unpaired) electrons. The zero-order valence-electron chi connectivity index (χ0n) is 11.7. The summed E-state index contributed by atoms with van der Waals surface area (Å²) in [5.41, 5.74) is 6.68. The number of hydrogen-bond acceptors (Lipinski definition) is 2. The fourth-order valence-corrected chi connectivity index (χ4v) is 2.66. The normalized spacial score (nSPS) is 17.8. The summed E-state index contributed by atoms with van der Waals surface area (Å²) in [4.78, 5) is 14.3.